The average molecular weight is 1450 g/mol. The molecule has 0 saturated carbocycles. The number of pyridine rings is 4. The van der Waals surface area contributed by atoms with Crippen molar-refractivity contribution in [2.24, 2.45) is 28.2 Å². The molecule has 16 rings (SSSR count). The molecule has 0 unspecified atom stereocenters. The monoisotopic (exact) mass is 1450 g/mol. The molecule has 8 heterocycles. The van der Waals surface area contributed by atoms with Crippen molar-refractivity contribution in [2.75, 3.05) is 0 Å². The Hall–Kier alpha value is -10.6. The third kappa shape index (κ3) is 14.6. The lowest BCUT2D eigenvalue weighted by atomic mass is 9.84. The molecule has 0 atom stereocenters. The number of fused-ring (bicyclic) bond motifs is 4. The predicted octanol–water partition coefficient (Wildman–Crippen LogP) is 19.9. The summed E-state index contributed by atoms with van der Waals surface area (Å²) in [6, 6.07) is 71.8. The van der Waals surface area contributed by atoms with Crippen LogP contribution in [0, 0.1) is 82.7 Å². The third-order valence-electron chi connectivity index (χ3n) is 20.5. The molecule has 105 heavy (non-hydrogen) atoms. The minimum absolute atomic E-state index is 0.0742. The summed E-state index contributed by atoms with van der Waals surface area (Å²) in [7, 11) is 8.45. The van der Waals surface area contributed by atoms with Crippen LogP contribution in [0.15, 0.2) is 234 Å². The van der Waals surface area contributed by atoms with Crippen LogP contribution in [0.3, 0.4) is 0 Å². The van der Waals surface area contributed by atoms with E-state index in [2.05, 4.69) is 386 Å². The van der Waals surface area contributed by atoms with Crippen molar-refractivity contribution in [1.82, 2.24) is 0 Å². The van der Waals surface area contributed by atoms with Crippen LogP contribution in [0.1, 0.15) is 88.1 Å². The van der Waals surface area contributed by atoms with Crippen LogP contribution in [0.4, 0.5) is 5.69 Å². The molecule has 0 aliphatic carbocycles. The lowest BCUT2D eigenvalue weighted by Gasteiger charge is -2.21. The van der Waals surface area contributed by atoms with E-state index in [1.165, 1.54) is 150 Å². The first kappa shape index (κ1) is 72.8. The van der Waals surface area contributed by atoms with Gasteiger partial charge in [-0.3, -0.25) is 0 Å². The molecule has 0 aliphatic rings. The molecule has 0 radical (unpaired) electrons. The normalized spacial score (nSPS) is 11.3. The zero-order chi connectivity index (χ0) is 74.3. The van der Waals surface area contributed by atoms with E-state index in [9.17, 15) is 0 Å². The number of nitrogens with zero attached hydrogens (tertiary/aromatic N) is 9. The fourth-order valence-electron chi connectivity index (χ4n) is 14.9. The fourth-order valence-corrected chi connectivity index (χ4v) is 17.5. The number of benzene rings is 8. The van der Waals surface area contributed by atoms with E-state index >= 15 is 0 Å². The Morgan fingerprint density at radius 1 is 0.343 bits per heavy atom. The lowest BCUT2D eigenvalue weighted by Crippen LogP contribution is -2.37. The molecule has 0 fully saturated rings. The Bertz CT molecular complexity index is 6070. The number of para-hydroxylation sites is 2. The number of rotatable bonds is 8. The maximum atomic E-state index is 7.58. The zero-order valence-corrected chi connectivity index (χ0v) is 66.9. The van der Waals surface area contributed by atoms with Crippen LogP contribution >= 0.6 is 46.1 Å². The molecule has 16 aromatic rings. The fraction of sp³-hybridized carbons (Fsp3) is 0.207. The second kappa shape index (κ2) is 30.2. The highest BCUT2D eigenvalue weighted by Crippen LogP contribution is 2.36. The third-order valence-corrected chi connectivity index (χ3v) is 23.6. The minimum Gasteiger partial charge on any atom is -0.238 e. The van der Waals surface area contributed by atoms with E-state index in [1.807, 2.05) is 12.1 Å². The Labute approximate surface area is 635 Å². The van der Waals surface area contributed by atoms with Gasteiger partial charge >= 0.3 is 0 Å². The van der Waals surface area contributed by atoms with Crippen LogP contribution in [-0.4, -0.2) is 0 Å². The van der Waals surface area contributed by atoms with Gasteiger partial charge in [-0.05, 0) is 142 Å². The van der Waals surface area contributed by atoms with Crippen LogP contribution < -0.4 is 34.1 Å². The molecular formula is C92H93N9S4+8. The van der Waals surface area contributed by atoms with Crippen LogP contribution in [0.2, 0.25) is 0 Å². The van der Waals surface area contributed by atoms with Gasteiger partial charge in [0.15, 0.2) is 69.0 Å². The van der Waals surface area contributed by atoms with E-state index in [-0.39, 0.29) is 5.41 Å². The summed E-state index contributed by atoms with van der Waals surface area (Å²) in [4.78, 5) is 3.74. The first-order valence-corrected chi connectivity index (χ1v) is 39.0. The Morgan fingerprint density at radius 2 is 0.752 bits per heavy atom. The first-order valence-electron chi connectivity index (χ1n) is 35.7. The summed E-state index contributed by atoms with van der Waals surface area (Å²) in [5, 5.41) is 16.1. The van der Waals surface area contributed by atoms with Crippen molar-refractivity contribution >= 4 is 95.2 Å². The molecule has 0 amide bonds. The van der Waals surface area contributed by atoms with Crippen molar-refractivity contribution in [3.05, 3.63) is 313 Å². The van der Waals surface area contributed by atoms with Crippen molar-refractivity contribution in [3.8, 4) is 67.8 Å². The largest absolute Gasteiger partial charge is 0.238 e. The number of hydrogen-bond acceptors (Lipinski definition) is 4. The van der Waals surface area contributed by atoms with Gasteiger partial charge in [0.25, 0.3) is 0 Å². The summed E-state index contributed by atoms with van der Waals surface area (Å²) < 4.78 is 18.2. The molecule has 13 heteroatoms. The van der Waals surface area contributed by atoms with E-state index in [4.69, 9.17) is 6.57 Å². The van der Waals surface area contributed by atoms with Gasteiger partial charge in [0.1, 0.15) is 46.1 Å². The highest BCUT2D eigenvalue weighted by Gasteiger charge is 2.31. The molecule has 0 N–H and O–H groups in total. The predicted molar refractivity (Wildman–Crippen MR) is 437 cm³/mol. The molecule has 0 aliphatic heterocycles. The summed E-state index contributed by atoms with van der Waals surface area (Å²) in [5.41, 5.74) is 33.3. The van der Waals surface area contributed by atoms with Gasteiger partial charge in [-0.25, -0.2) is 4.85 Å². The topological polar surface area (TPSA) is 35.4 Å². The highest BCUT2D eigenvalue weighted by atomic mass is 32.1. The van der Waals surface area contributed by atoms with Crippen LogP contribution in [0.5, 0.6) is 0 Å². The van der Waals surface area contributed by atoms with Crippen molar-refractivity contribution in [3.63, 3.8) is 0 Å². The standard InChI is InChI=1S/C25H28N2S.C23H24N2S.C22H19N3S.C22H22N2S/c1-17-11-12-19-9-7-8-10-22(19)27(17)24-16-20(25(3,4)5)15-21(18(24)2)23-13-14-28-26(23)6;1-15-12-16(2)23(18(4)22(15)21-10-11-26-24(21)5)25-14-20-9-7-6-8-19(20)13-17(25)3;1-15-9-10-17-7-5-6-8-20(17)25(15)22-14-18(23-3)13-19(16(22)2)21-11-12-26-24(21)4;1-15-11-20(21-9-10-25-23(21)4)17(3)22(12-15)24-14-19-8-6-5-7-18(19)13-16(24)2/h7-16H,1-6H3;6-14H,1-5H3;5-14H,1-2,4H3;5-14H,1-4H3/q4*+2. The van der Waals surface area contributed by atoms with Crippen molar-refractivity contribution in [2.45, 2.75) is 102 Å². The SMILES string of the molecule is Cc1c(-c2ccs[n+]2C)cc(C(C)(C)C)cc1-[n+]1c(C)ccc2ccccc21.Cc1cc(-c2ccs[n+]2C)c(C)c(-[n+]2cc3ccccc3cc2C)c1.Cc1cc(C)c(-[n+]2cc3ccccc3cc2C)c(C)c1-c1ccs[n+]1C.[C-]#[N+]c1cc(-c2ccs[n+]2C)c(C)c(-[n+]2c(C)ccc3ccccc32)c1. The molecule has 522 valence electrons. The minimum atomic E-state index is 0.0742. The Balaban J connectivity index is 0.000000124. The summed E-state index contributed by atoms with van der Waals surface area (Å²) in [6.07, 6.45) is 4.52. The van der Waals surface area contributed by atoms with E-state index < -0.39 is 0 Å². The zero-order valence-electron chi connectivity index (χ0n) is 63.7. The van der Waals surface area contributed by atoms with Crippen molar-refractivity contribution < 1.29 is 34.1 Å². The van der Waals surface area contributed by atoms with Gasteiger partial charge in [-0.15, -0.1) is 15.8 Å². The molecular weight excluding hydrogens is 1360 g/mol. The second-order valence-electron chi connectivity index (χ2n) is 28.7. The second-order valence-corrected chi connectivity index (χ2v) is 32.8. The van der Waals surface area contributed by atoms with Gasteiger partial charge in [0.05, 0.1) is 44.8 Å². The van der Waals surface area contributed by atoms with E-state index in [1.54, 1.807) is 46.1 Å². The maximum absolute atomic E-state index is 7.58. The number of aromatic nitrogens is 8. The quantitative estimate of drug-likeness (QED) is 0.107. The molecule has 8 aromatic heterocycles. The molecule has 0 bridgehead atoms. The van der Waals surface area contributed by atoms with E-state index in [0.717, 1.165) is 28.2 Å². The molecule has 9 nitrogen and oxygen atoms in total. The maximum Gasteiger partial charge on any atom is 0.227 e. The van der Waals surface area contributed by atoms with Gasteiger partial charge in [0.2, 0.25) is 56.6 Å². The summed E-state index contributed by atoms with van der Waals surface area (Å²) in [5.74, 6) is 0. The average Bonchev–Trinajstić information content (AvgIpc) is 1.63. The molecule has 0 spiro atoms. The lowest BCUT2D eigenvalue weighted by molar-refractivity contribution is -0.602. The highest BCUT2D eigenvalue weighted by molar-refractivity contribution is 7.00. The van der Waals surface area contributed by atoms with Gasteiger partial charge < -0.3 is 0 Å². The number of aryl methyl sites for hydroxylation is 11. The molecule has 0 saturated heterocycles. The number of hydrogen-bond donors (Lipinski definition) is 0. The van der Waals surface area contributed by atoms with Crippen molar-refractivity contribution in [1.29, 1.82) is 0 Å². The first-order chi connectivity index (χ1) is 50.4. The van der Waals surface area contributed by atoms with Gasteiger partial charge in [-0.2, -0.15) is 18.3 Å². The summed E-state index contributed by atoms with van der Waals surface area (Å²) >= 11 is 6.87. The molecule has 8 aromatic carbocycles. The summed E-state index contributed by atoms with van der Waals surface area (Å²) in [6.45, 7) is 38.6. The Morgan fingerprint density at radius 3 is 1.22 bits per heavy atom. The van der Waals surface area contributed by atoms with Gasteiger partial charge in [-0.1, -0.05) is 81.4 Å². The van der Waals surface area contributed by atoms with Gasteiger partial charge in [0, 0.05) is 161 Å². The Kier molecular flexibility index (Phi) is 21.0. The van der Waals surface area contributed by atoms with E-state index in [0.29, 0.717) is 5.69 Å². The van der Waals surface area contributed by atoms with Crippen LogP contribution in [-0.2, 0) is 33.6 Å². The van der Waals surface area contributed by atoms with Crippen LogP contribution in [0.25, 0.3) is 116 Å². The smallest absolute Gasteiger partial charge is 0.227 e.